The van der Waals surface area contributed by atoms with Gasteiger partial charge < -0.3 is 16.0 Å². The SMILES string of the molecule is CCCNc1ccc(/C(=C/SCNc2cc(F)ccc2C)NC)cc1. The number of thioether (sulfide) groups is 1. The van der Waals surface area contributed by atoms with E-state index in [4.69, 9.17) is 0 Å². The summed E-state index contributed by atoms with van der Waals surface area (Å²) in [5.41, 5.74) is 5.20. The van der Waals surface area contributed by atoms with E-state index in [2.05, 4.69) is 52.5 Å². The molecule has 0 radical (unpaired) electrons. The van der Waals surface area contributed by atoms with Gasteiger partial charge in [0, 0.05) is 30.7 Å². The smallest absolute Gasteiger partial charge is 0.125 e. The summed E-state index contributed by atoms with van der Waals surface area (Å²) in [6.07, 6.45) is 1.11. The maximum atomic E-state index is 13.3. The zero-order valence-corrected chi connectivity index (χ0v) is 15.8. The number of hydrogen-bond acceptors (Lipinski definition) is 4. The number of hydrogen-bond donors (Lipinski definition) is 3. The molecular weight excluding hydrogens is 333 g/mol. The minimum absolute atomic E-state index is 0.221. The molecule has 0 unspecified atom stereocenters. The zero-order chi connectivity index (χ0) is 18.1. The highest BCUT2D eigenvalue weighted by Crippen LogP contribution is 2.20. The Morgan fingerprint density at radius 2 is 1.88 bits per heavy atom. The highest BCUT2D eigenvalue weighted by Gasteiger charge is 2.01. The zero-order valence-electron chi connectivity index (χ0n) is 15.0. The van der Waals surface area contributed by atoms with Crippen LogP contribution in [-0.2, 0) is 0 Å². The maximum absolute atomic E-state index is 13.3. The second-order valence-electron chi connectivity index (χ2n) is 5.73. The van der Waals surface area contributed by atoms with Crippen LogP contribution in [0.3, 0.4) is 0 Å². The van der Waals surface area contributed by atoms with Crippen molar-refractivity contribution in [1.29, 1.82) is 0 Å². The fourth-order valence-corrected chi connectivity index (χ4v) is 3.08. The highest BCUT2D eigenvalue weighted by molar-refractivity contribution is 8.02. The summed E-state index contributed by atoms with van der Waals surface area (Å²) < 4.78 is 13.3. The van der Waals surface area contributed by atoms with Gasteiger partial charge in [-0.2, -0.15) is 0 Å². The molecule has 25 heavy (non-hydrogen) atoms. The fraction of sp³-hybridized carbons (Fsp3) is 0.300. The maximum Gasteiger partial charge on any atom is 0.125 e. The summed E-state index contributed by atoms with van der Waals surface area (Å²) in [5, 5.41) is 11.9. The van der Waals surface area contributed by atoms with Crippen molar-refractivity contribution in [1.82, 2.24) is 5.32 Å². The van der Waals surface area contributed by atoms with Crippen molar-refractivity contribution >= 4 is 28.8 Å². The quantitative estimate of drug-likeness (QED) is 0.421. The Morgan fingerprint density at radius 3 is 2.56 bits per heavy atom. The van der Waals surface area contributed by atoms with Crippen LogP contribution in [0.25, 0.3) is 5.70 Å². The fourth-order valence-electron chi connectivity index (χ4n) is 2.34. The summed E-state index contributed by atoms with van der Waals surface area (Å²) in [6, 6.07) is 13.2. The minimum Gasteiger partial charge on any atom is -0.387 e. The summed E-state index contributed by atoms with van der Waals surface area (Å²) in [5.74, 6) is 0.451. The molecule has 2 aromatic carbocycles. The number of rotatable bonds is 9. The number of anilines is 2. The van der Waals surface area contributed by atoms with Crippen LogP contribution in [0.4, 0.5) is 15.8 Å². The Labute approximate surface area is 154 Å². The van der Waals surface area contributed by atoms with Gasteiger partial charge in [0.05, 0.1) is 5.88 Å². The molecule has 0 heterocycles. The summed E-state index contributed by atoms with van der Waals surface area (Å²) in [7, 11) is 1.92. The molecule has 3 nitrogen and oxygen atoms in total. The molecule has 2 aromatic rings. The summed E-state index contributed by atoms with van der Waals surface area (Å²) in [4.78, 5) is 0. The van der Waals surface area contributed by atoms with E-state index in [0.717, 1.165) is 41.2 Å². The normalized spacial score (nSPS) is 11.3. The average molecular weight is 360 g/mol. The minimum atomic E-state index is -0.221. The molecule has 0 aliphatic rings. The monoisotopic (exact) mass is 359 g/mol. The second kappa shape index (κ2) is 9.99. The number of benzene rings is 2. The van der Waals surface area contributed by atoms with Crippen molar-refractivity contribution in [2.75, 3.05) is 30.1 Å². The van der Waals surface area contributed by atoms with Crippen molar-refractivity contribution in [2.45, 2.75) is 20.3 Å². The van der Waals surface area contributed by atoms with E-state index in [1.807, 2.05) is 14.0 Å². The molecule has 2 rings (SSSR count). The molecule has 0 amide bonds. The first kappa shape index (κ1) is 19.2. The molecule has 0 atom stereocenters. The summed E-state index contributed by atoms with van der Waals surface area (Å²) >= 11 is 1.63. The van der Waals surface area contributed by atoms with Crippen molar-refractivity contribution in [3.8, 4) is 0 Å². The Hall–Kier alpha value is -2.14. The topological polar surface area (TPSA) is 36.1 Å². The van der Waals surface area contributed by atoms with Crippen LogP contribution in [0.1, 0.15) is 24.5 Å². The van der Waals surface area contributed by atoms with Gasteiger partial charge >= 0.3 is 0 Å². The Bertz CT molecular complexity index is 699. The molecule has 0 bridgehead atoms. The highest BCUT2D eigenvalue weighted by atomic mass is 32.2. The largest absolute Gasteiger partial charge is 0.387 e. The number of nitrogens with one attached hydrogen (secondary N) is 3. The molecule has 0 aliphatic carbocycles. The van der Waals surface area contributed by atoms with Gasteiger partial charge in [0.15, 0.2) is 0 Å². The Kier molecular flexibility index (Phi) is 7.67. The van der Waals surface area contributed by atoms with E-state index in [1.165, 1.54) is 12.1 Å². The van der Waals surface area contributed by atoms with Crippen molar-refractivity contribution < 1.29 is 4.39 Å². The molecule has 134 valence electrons. The van der Waals surface area contributed by atoms with Crippen LogP contribution in [0.15, 0.2) is 47.9 Å². The standard InChI is InChI=1S/C20H26FN3S/c1-4-11-23-18-9-6-16(7-10-18)20(22-3)13-25-14-24-19-12-17(21)8-5-15(19)2/h5-10,12-13,22-24H,4,11,14H2,1-3H3/b20-13-. The predicted molar refractivity (Wildman–Crippen MR) is 109 cm³/mol. The molecular formula is C20H26FN3S. The predicted octanol–water partition coefficient (Wildman–Crippen LogP) is 5.28. The van der Waals surface area contributed by atoms with Crippen LogP contribution in [0.2, 0.25) is 0 Å². The van der Waals surface area contributed by atoms with E-state index in [-0.39, 0.29) is 5.82 Å². The first-order chi connectivity index (χ1) is 12.1. The van der Waals surface area contributed by atoms with E-state index in [9.17, 15) is 4.39 Å². The van der Waals surface area contributed by atoms with E-state index in [0.29, 0.717) is 5.88 Å². The van der Waals surface area contributed by atoms with Crippen molar-refractivity contribution in [3.05, 3.63) is 64.8 Å². The van der Waals surface area contributed by atoms with Crippen LogP contribution in [-0.4, -0.2) is 19.5 Å². The van der Waals surface area contributed by atoms with Gasteiger partial charge in [-0.15, -0.1) is 11.8 Å². The summed E-state index contributed by atoms with van der Waals surface area (Å²) in [6.45, 7) is 5.10. The second-order valence-corrected chi connectivity index (χ2v) is 6.59. The van der Waals surface area contributed by atoms with E-state index in [1.54, 1.807) is 17.8 Å². The molecule has 0 saturated heterocycles. The average Bonchev–Trinajstić information content (AvgIpc) is 2.63. The third-order valence-electron chi connectivity index (χ3n) is 3.79. The third kappa shape index (κ3) is 6.02. The van der Waals surface area contributed by atoms with Gasteiger partial charge in [-0.1, -0.05) is 25.1 Å². The molecule has 3 N–H and O–H groups in total. The Morgan fingerprint density at radius 1 is 1.12 bits per heavy atom. The van der Waals surface area contributed by atoms with Crippen LogP contribution in [0, 0.1) is 12.7 Å². The van der Waals surface area contributed by atoms with Gasteiger partial charge in [0.25, 0.3) is 0 Å². The number of aryl methyl sites for hydroxylation is 1. The molecule has 0 aromatic heterocycles. The van der Waals surface area contributed by atoms with Gasteiger partial charge in [0.2, 0.25) is 0 Å². The van der Waals surface area contributed by atoms with E-state index >= 15 is 0 Å². The third-order valence-corrected chi connectivity index (χ3v) is 4.50. The van der Waals surface area contributed by atoms with Crippen LogP contribution >= 0.6 is 11.8 Å². The van der Waals surface area contributed by atoms with Crippen molar-refractivity contribution in [2.24, 2.45) is 0 Å². The lowest BCUT2D eigenvalue weighted by Gasteiger charge is -2.11. The lowest BCUT2D eigenvalue weighted by molar-refractivity contribution is 0.628. The molecule has 0 aliphatic heterocycles. The number of halogens is 1. The van der Waals surface area contributed by atoms with Gasteiger partial charge in [-0.3, -0.25) is 0 Å². The van der Waals surface area contributed by atoms with Gasteiger partial charge in [0.1, 0.15) is 5.82 Å². The van der Waals surface area contributed by atoms with Crippen molar-refractivity contribution in [3.63, 3.8) is 0 Å². The Balaban J connectivity index is 1.92. The lowest BCUT2D eigenvalue weighted by atomic mass is 10.1. The van der Waals surface area contributed by atoms with Crippen LogP contribution in [0.5, 0.6) is 0 Å². The molecule has 0 fully saturated rings. The lowest BCUT2D eigenvalue weighted by Crippen LogP contribution is -2.05. The molecule has 0 spiro atoms. The van der Waals surface area contributed by atoms with Gasteiger partial charge in [-0.25, -0.2) is 4.39 Å². The molecule has 5 heteroatoms. The van der Waals surface area contributed by atoms with Crippen LogP contribution < -0.4 is 16.0 Å². The molecule has 0 saturated carbocycles. The van der Waals surface area contributed by atoms with E-state index < -0.39 is 0 Å². The van der Waals surface area contributed by atoms with Gasteiger partial charge in [-0.05, 0) is 54.1 Å². The first-order valence-corrected chi connectivity index (χ1v) is 9.52. The first-order valence-electron chi connectivity index (χ1n) is 8.48.